The molecule has 7 heteroatoms. The fraction of sp³-hybridized carbons (Fsp3) is 0.0833. The molecular formula is C12H11NO4S2. The average molecular weight is 297 g/mol. The van der Waals surface area contributed by atoms with Crippen LogP contribution in [0.3, 0.4) is 0 Å². The maximum Gasteiger partial charge on any atom is 0.291 e. The van der Waals surface area contributed by atoms with E-state index in [0.717, 1.165) is 11.3 Å². The van der Waals surface area contributed by atoms with E-state index in [4.69, 9.17) is 4.74 Å². The zero-order valence-corrected chi connectivity index (χ0v) is 11.6. The normalized spacial score (nSPS) is 11.8. The van der Waals surface area contributed by atoms with Crippen LogP contribution in [0.25, 0.3) is 0 Å². The Labute approximate surface area is 114 Å². The van der Waals surface area contributed by atoms with Crippen molar-refractivity contribution in [3.8, 4) is 11.5 Å². The number of methoxy groups -OCH3 is 1. The van der Waals surface area contributed by atoms with Crippen molar-refractivity contribution in [1.29, 1.82) is 0 Å². The van der Waals surface area contributed by atoms with Crippen LogP contribution in [0.15, 0.2) is 44.3 Å². The third-order valence-corrected chi connectivity index (χ3v) is 4.90. The molecule has 0 amide bonds. The first-order chi connectivity index (χ1) is 9.03. The van der Waals surface area contributed by atoms with Crippen molar-refractivity contribution >= 4 is 27.6 Å². The van der Waals surface area contributed by atoms with Crippen LogP contribution in [-0.4, -0.2) is 26.8 Å². The molecule has 1 aromatic heterocycles. The van der Waals surface area contributed by atoms with Gasteiger partial charge in [0.2, 0.25) is 0 Å². The van der Waals surface area contributed by atoms with E-state index in [1.807, 2.05) is 0 Å². The fourth-order valence-electron chi connectivity index (χ4n) is 1.38. The third-order valence-electron chi connectivity index (χ3n) is 2.29. The zero-order valence-electron chi connectivity index (χ0n) is 9.98. The molecule has 0 aliphatic carbocycles. The molecule has 0 saturated heterocycles. The van der Waals surface area contributed by atoms with Gasteiger partial charge in [-0.1, -0.05) is 6.07 Å². The fourth-order valence-corrected chi connectivity index (χ4v) is 3.23. The third kappa shape index (κ3) is 3.12. The molecule has 0 radical (unpaired) electrons. The molecule has 1 heterocycles. The molecule has 0 atom stereocenters. The molecule has 0 aliphatic rings. The molecule has 19 heavy (non-hydrogen) atoms. The Kier molecular flexibility index (Phi) is 3.87. The molecule has 0 spiro atoms. The van der Waals surface area contributed by atoms with E-state index in [-0.39, 0.29) is 9.96 Å². The van der Waals surface area contributed by atoms with Crippen molar-refractivity contribution in [3.63, 3.8) is 0 Å². The lowest BCUT2D eigenvalue weighted by Gasteiger charge is -2.02. The molecule has 0 bridgehead atoms. The number of phenols is 1. The maximum absolute atomic E-state index is 11.8. The standard InChI is InChI=1S/C12H11NO4S2/c1-17-11-5-4-9(7-10(11)14)8-13-19(15,16)12-3-2-6-18-12/h2-8,14H,1H3/b13-8-. The summed E-state index contributed by atoms with van der Waals surface area (Å²) in [5, 5.41) is 11.2. The molecule has 0 aliphatic heterocycles. The predicted octanol–water partition coefficient (Wildman–Crippen LogP) is 2.27. The van der Waals surface area contributed by atoms with Crippen molar-refractivity contribution in [2.75, 3.05) is 7.11 Å². The Hall–Kier alpha value is -1.86. The van der Waals surface area contributed by atoms with E-state index in [9.17, 15) is 13.5 Å². The van der Waals surface area contributed by atoms with E-state index < -0.39 is 10.0 Å². The van der Waals surface area contributed by atoms with Crippen LogP contribution in [0.5, 0.6) is 11.5 Å². The molecule has 2 rings (SSSR count). The van der Waals surface area contributed by atoms with Crippen LogP contribution in [0, 0.1) is 0 Å². The number of benzene rings is 1. The molecule has 0 fully saturated rings. The van der Waals surface area contributed by atoms with Crippen LogP contribution in [0.1, 0.15) is 5.56 Å². The van der Waals surface area contributed by atoms with Crippen molar-refractivity contribution < 1.29 is 18.3 Å². The van der Waals surface area contributed by atoms with Crippen LogP contribution in [0.2, 0.25) is 0 Å². The number of nitrogens with zero attached hydrogens (tertiary/aromatic N) is 1. The number of aromatic hydroxyl groups is 1. The Bertz CT molecular complexity index is 691. The minimum absolute atomic E-state index is 0.0695. The van der Waals surface area contributed by atoms with Crippen molar-refractivity contribution in [2.45, 2.75) is 4.21 Å². The Morgan fingerprint density at radius 2 is 2.16 bits per heavy atom. The van der Waals surface area contributed by atoms with Gasteiger partial charge in [0.05, 0.1) is 7.11 Å². The minimum Gasteiger partial charge on any atom is -0.504 e. The lowest BCUT2D eigenvalue weighted by atomic mass is 10.2. The van der Waals surface area contributed by atoms with Gasteiger partial charge < -0.3 is 9.84 Å². The SMILES string of the molecule is COc1ccc(/C=N\S(=O)(=O)c2cccs2)cc1O. The number of hydrogen-bond acceptors (Lipinski definition) is 5. The van der Waals surface area contributed by atoms with Gasteiger partial charge in [-0.3, -0.25) is 0 Å². The van der Waals surface area contributed by atoms with Gasteiger partial charge in [-0.05, 0) is 35.2 Å². The zero-order chi connectivity index (χ0) is 13.9. The van der Waals surface area contributed by atoms with Crippen molar-refractivity contribution in [2.24, 2.45) is 4.40 Å². The molecule has 100 valence electrons. The Morgan fingerprint density at radius 3 is 2.74 bits per heavy atom. The molecular weight excluding hydrogens is 286 g/mol. The number of phenolic OH excluding ortho intramolecular Hbond substituents is 1. The summed E-state index contributed by atoms with van der Waals surface area (Å²) in [6, 6.07) is 7.65. The van der Waals surface area contributed by atoms with Crippen LogP contribution in [-0.2, 0) is 10.0 Å². The van der Waals surface area contributed by atoms with Gasteiger partial charge in [0.15, 0.2) is 11.5 Å². The summed E-state index contributed by atoms with van der Waals surface area (Å²) >= 11 is 1.10. The highest BCUT2D eigenvalue weighted by atomic mass is 32.2. The number of ether oxygens (including phenoxy) is 1. The van der Waals surface area contributed by atoms with Crippen molar-refractivity contribution in [1.82, 2.24) is 0 Å². The van der Waals surface area contributed by atoms with Gasteiger partial charge in [-0.25, -0.2) is 0 Å². The molecule has 1 aromatic carbocycles. The summed E-state index contributed by atoms with van der Waals surface area (Å²) in [6.45, 7) is 0. The molecule has 0 saturated carbocycles. The maximum atomic E-state index is 11.8. The lowest BCUT2D eigenvalue weighted by Crippen LogP contribution is -1.95. The van der Waals surface area contributed by atoms with E-state index >= 15 is 0 Å². The number of sulfonamides is 1. The molecule has 1 N–H and O–H groups in total. The summed E-state index contributed by atoms with van der Waals surface area (Å²) in [5.41, 5.74) is 0.471. The number of hydrogen-bond donors (Lipinski definition) is 1. The smallest absolute Gasteiger partial charge is 0.291 e. The van der Waals surface area contributed by atoms with Gasteiger partial charge in [-0.15, -0.1) is 11.3 Å². The Morgan fingerprint density at radius 1 is 1.37 bits per heavy atom. The van der Waals surface area contributed by atoms with E-state index in [1.165, 1.54) is 31.5 Å². The van der Waals surface area contributed by atoms with E-state index in [1.54, 1.807) is 17.5 Å². The first-order valence-electron chi connectivity index (χ1n) is 5.24. The van der Waals surface area contributed by atoms with Crippen LogP contribution >= 0.6 is 11.3 Å². The summed E-state index contributed by atoms with van der Waals surface area (Å²) in [6.07, 6.45) is 1.19. The highest BCUT2D eigenvalue weighted by Gasteiger charge is 2.12. The van der Waals surface area contributed by atoms with Crippen LogP contribution < -0.4 is 4.74 Å². The molecule has 2 aromatic rings. The summed E-state index contributed by atoms with van der Waals surface area (Å²) in [5.74, 6) is 0.248. The lowest BCUT2D eigenvalue weighted by molar-refractivity contribution is 0.373. The second-order valence-corrected chi connectivity index (χ2v) is 6.38. The number of thiophene rings is 1. The molecule has 5 nitrogen and oxygen atoms in total. The Balaban J connectivity index is 2.26. The summed E-state index contributed by atoms with van der Waals surface area (Å²) < 4.78 is 32.2. The highest BCUT2D eigenvalue weighted by Crippen LogP contribution is 2.26. The van der Waals surface area contributed by atoms with Gasteiger partial charge >= 0.3 is 0 Å². The van der Waals surface area contributed by atoms with Gasteiger partial charge in [0.1, 0.15) is 4.21 Å². The number of rotatable bonds is 4. The second kappa shape index (κ2) is 5.41. The first kappa shape index (κ1) is 13.6. The monoisotopic (exact) mass is 297 g/mol. The summed E-state index contributed by atoms with van der Waals surface area (Å²) in [4.78, 5) is 0. The molecule has 0 unspecified atom stereocenters. The van der Waals surface area contributed by atoms with Gasteiger partial charge in [0, 0.05) is 6.21 Å². The average Bonchev–Trinajstić information content (AvgIpc) is 2.91. The first-order valence-corrected chi connectivity index (χ1v) is 7.56. The minimum atomic E-state index is -3.67. The topological polar surface area (TPSA) is 76.0 Å². The second-order valence-electron chi connectivity index (χ2n) is 3.57. The highest BCUT2D eigenvalue weighted by molar-refractivity contribution is 7.92. The largest absolute Gasteiger partial charge is 0.504 e. The van der Waals surface area contributed by atoms with Gasteiger partial charge in [-0.2, -0.15) is 12.8 Å². The van der Waals surface area contributed by atoms with Gasteiger partial charge in [0.25, 0.3) is 10.0 Å². The predicted molar refractivity (Wildman–Crippen MR) is 73.8 cm³/mol. The van der Waals surface area contributed by atoms with Crippen molar-refractivity contribution in [3.05, 3.63) is 41.3 Å². The quantitative estimate of drug-likeness (QED) is 0.878. The van der Waals surface area contributed by atoms with E-state index in [2.05, 4.69) is 4.40 Å². The van der Waals surface area contributed by atoms with Crippen LogP contribution in [0.4, 0.5) is 0 Å². The summed E-state index contributed by atoms with van der Waals surface area (Å²) in [7, 11) is -2.23. The van der Waals surface area contributed by atoms with E-state index in [0.29, 0.717) is 11.3 Å².